The van der Waals surface area contributed by atoms with Crippen LogP contribution in [0, 0.1) is 0 Å². The lowest BCUT2D eigenvalue weighted by atomic mass is 10.1. The molecule has 0 spiro atoms. The first-order valence-electron chi connectivity index (χ1n) is 4.94. The van der Waals surface area contributed by atoms with Crippen molar-refractivity contribution in [3.8, 4) is 0 Å². The fourth-order valence-corrected chi connectivity index (χ4v) is 2.67. The van der Waals surface area contributed by atoms with E-state index in [1.165, 1.54) is 0 Å². The molecule has 0 bridgehead atoms. The molecule has 80 valence electrons. The summed E-state index contributed by atoms with van der Waals surface area (Å²) in [5, 5.41) is 3.56. The Balaban J connectivity index is 2.44. The third kappa shape index (κ3) is 3.03. The van der Waals surface area contributed by atoms with Gasteiger partial charge in [0.2, 0.25) is 5.91 Å². The zero-order valence-corrected chi connectivity index (χ0v) is 9.56. The fourth-order valence-electron chi connectivity index (χ4n) is 1.47. The molecule has 0 aromatic carbocycles. The maximum atomic E-state index is 11.6. The Kier molecular flexibility index (Phi) is 4.48. The molecule has 1 aliphatic heterocycles. The Morgan fingerprint density at radius 2 is 2.43 bits per heavy atom. The highest BCUT2D eigenvalue weighted by molar-refractivity contribution is 8.00. The first-order valence-corrected chi connectivity index (χ1v) is 5.99. The van der Waals surface area contributed by atoms with Crippen molar-refractivity contribution in [1.82, 2.24) is 5.32 Å². The average molecular weight is 214 g/mol. The molecule has 0 radical (unpaired) electrons. The predicted octanol–water partition coefficient (Wildman–Crippen LogP) is 0.902. The van der Waals surface area contributed by atoms with Gasteiger partial charge in [-0.05, 0) is 19.1 Å². The largest absolute Gasteiger partial charge is 0.348 e. The lowest BCUT2D eigenvalue weighted by Gasteiger charge is -2.16. The van der Waals surface area contributed by atoms with E-state index in [2.05, 4.69) is 12.2 Å². The van der Waals surface area contributed by atoms with Gasteiger partial charge in [-0.1, -0.05) is 13.0 Å². The van der Waals surface area contributed by atoms with Crippen LogP contribution < -0.4 is 11.1 Å². The van der Waals surface area contributed by atoms with E-state index < -0.39 is 0 Å². The van der Waals surface area contributed by atoms with Crippen LogP contribution in [0.15, 0.2) is 11.6 Å². The van der Waals surface area contributed by atoms with Crippen molar-refractivity contribution in [1.29, 1.82) is 0 Å². The van der Waals surface area contributed by atoms with Gasteiger partial charge in [-0.2, -0.15) is 11.8 Å². The minimum atomic E-state index is 0.0230. The Morgan fingerprint density at radius 3 is 2.93 bits per heavy atom. The van der Waals surface area contributed by atoms with Crippen LogP contribution in [0.25, 0.3) is 0 Å². The van der Waals surface area contributed by atoms with Crippen molar-refractivity contribution in [3.63, 3.8) is 0 Å². The van der Waals surface area contributed by atoms with Crippen LogP contribution in [0.1, 0.15) is 20.3 Å². The van der Waals surface area contributed by atoms with Crippen LogP contribution in [0.5, 0.6) is 0 Å². The molecule has 0 saturated carbocycles. The molecule has 0 aliphatic carbocycles. The molecule has 2 unspecified atom stereocenters. The standard InChI is InChI=1S/C10H18N2OS/c1-7(3-5-11)10(13)12-9-4-6-14-8(9)2/h3,8-9H,4-6,11H2,1-2H3,(H,12,13)/b7-3+. The normalized spacial score (nSPS) is 27.8. The summed E-state index contributed by atoms with van der Waals surface area (Å²) in [6.07, 6.45) is 2.83. The lowest BCUT2D eigenvalue weighted by molar-refractivity contribution is -0.118. The van der Waals surface area contributed by atoms with Crippen LogP contribution in [0.2, 0.25) is 0 Å². The second-order valence-corrected chi connectivity index (χ2v) is 5.05. The van der Waals surface area contributed by atoms with Gasteiger partial charge >= 0.3 is 0 Å². The van der Waals surface area contributed by atoms with Crippen LogP contribution in [-0.2, 0) is 4.79 Å². The molecule has 3 nitrogen and oxygen atoms in total. The molecule has 1 fully saturated rings. The predicted molar refractivity (Wildman–Crippen MR) is 61.3 cm³/mol. The molecule has 4 heteroatoms. The Labute approximate surface area is 89.5 Å². The number of nitrogens with two attached hydrogens (primary N) is 1. The Bertz CT molecular complexity index is 240. The summed E-state index contributed by atoms with van der Waals surface area (Å²) in [5.41, 5.74) is 6.06. The van der Waals surface area contributed by atoms with Gasteiger partial charge in [0.15, 0.2) is 0 Å². The molecule has 1 heterocycles. The zero-order chi connectivity index (χ0) is 10.6. The number of hydrogen-bond acceptors (Lipinski definition) is 3. The van der Waals surface area contributed by atoms with Crippen molar-refractivity contribution in [2.75, 3.05) is 12.3 Å². The van der Waals surface area contributed by atoms with Crippen molar-refractivity contribution in [2.45, 2.75) is 31.6 Å². The van der Waals surface area contributed by atoms with Gasteiger partial charge in [0.1, 0.15) is 0 Å². The zero-order valence-electron chi connectivity index (χ0n) is 8.75. The summed E-state index contributed by atoms with van der Waals surface area (Å²) in [4.78, 5) is 11.6. The van der Waals surface area contributed by atoms with Crippen molar-refractivity contribution < 1.29 is 4.79 Å². The van der Waals surface area contributed by atoms with E-state index in [1.807, 2.05) is 11.8 Å². The topological polar surface area (TPSA) is 55.1 Å². The van der Waals surface area contributed by atoms with E-state index in [0.717, 1.165) is 17.7 Å². The second kappa shape index (κ2) is 5.41. The fraction of sp³-hybridized carbons (Fsp3) is 0.700. The van der Waals surface area contributed by atoms with E-state index in [1.54, 1.807) is 13.0 Å². The van der Waals surface area contributed by atoms with Crippen LogP contribution >= 0.6 is 11.8 Å². The van der Waals surface area contributed by atoms with E-state index in [0.29, 0.717) is 17.8 Å². The number of carbonyl (C=O) groups excluding carboxylic acids is 1. The summed E-state index contributed by atoms with van der Waals surface area (Å²) in [5.74, 6) is 1.17. The molecule has 1 rings (SSSR count). The Morgan fingerprint density at radius 1 is 1.71 bits per heavy atom. The third-order valence-corrected chi connectivity index (χ3v) is 3.80. The van der Waals surface area contributed by atoms with Gasteiger partial charge < -0.3 is 11.1 Å². The van der Waals surface area contributed by atoms with Gasteiger partial charge in [-0.3, -0.25) is 4.79 Å². The number of amides is 1. The molecule has 0 aromatic rings. The van der Waals surface area contributed by atoms with Crippen LogP contribution in [0.3, 0.4) is 0 Å². The first kappa shape index (κ1) is 11.6. The van der Waals surface area contributed by atoms with Gasteiger partial charge in [0.25, 0.3) is 0 Å². The third-order valence-electron chi connectivity index (χ3n) is 2.47. The van der Waals surface area contributed by atoms with Crippen molar-refractivity contribution >= 4 is 17.7 Å². The summed E-state index contributed by atoms with van der Waals surface area (Å²) >= 11 is 1.91. The number of thioether (sulfide) groups is 1. The summed E-state index contributed by atoms with van der Waals surface area (Å²) in [6.45, 7) is 4.38. The van der Waals surface area contributed by atoms with Gasteiger partial charge in [0, 0.05) is 23.4 Å². The molecule has 1 aliphatic rings. The van der Waals surface area contributed by atoms with E-state index in [4.69, 9.17) is 5.73 Å². The SMILES string of the molecule is C/C(=C\CN)C(=O)NC1CCSC1C. The average Bonchev–Trinajstić information content (AvgIpc) is 2.52. The van der Waals surface area contributed by atoms with Crippen LogP contribution in [-0.4, -0.2) is 29.5 Å². The summed E-state index contributed by atoms with van der Waals surface area (Å²) in [6, 6.07) is 0.327. The lowest BCUT2D eigenvalue weighted by Crippen LogP contribution is -2.38. The number of rotatable bonds is 3. The molecule has 14 heavy (non-hydrogen) atoms. The number of carbonyl (C=O) groups is 1. The highest BCUT2D eigenvalue weighted by Gasteiger charge is 2.25. The molecule has 2 atom stereocenters. The number of nitrogens with one attached hydrogen (secondary N) is 1. The summed E-state index contributed by atoms with van der Waals surface area (Å²) < 4.78 is 0. The van der Waals surface area contributed by atoms with Gasteiger partial charge in [-0.15, -0.1) is 0 Å². The smallest absolute Gasteiger partial charge is 0.246 e. The molecular weight excluding hydrogens is 196 g/mol. The quantitative estimate of drug-likeness (QED) is 0.686. The molecule has 3 N–H and O–H groups in total. The molecule has 1 amide bonds. The van der Waals surface area contributed by atoms with Crippen LogP contribution in [0.4, 0.5) is 0 Å². The highest BCUT2D eigenvalue weighted by atomic mass is 32.2. The van der Waals surface area contributed by atoms with Gasteiger partial charge in [0.05, 0.1) is 0 Å². The van der Waals surface area contributed by atoms with E-state index in [9.17, 15) is 4.79 Å². The molecule has 0 aromatic heterocycles. The molecular formula is C10H18N2OS. The Hall–Kier alpha value is -0.480. The summed E-state index contributed by atoms with van der Waals surface area (Å²) in [7, 11) is 0. The van der Waals surface area contributed by atoms with Crippen molar-refractivity contribution in [2.24, 2.45) is 5.73 Å². The maximum Gasteiger partial charge on any atom is 0.246 e. The monoisotopic (exact) mass is 214 g/mol. The van der Waals surface area contributed by atoms with E-state index in [-0.39, 0.29) is 5.91 Å². The second-order valence-electron chi connectivity index (χ2n) is 3.57. The van der Waals surface area contributed by atoms with Crippen molar-refractivity contribution in [3.05, 3.63) is 11.6 Å². The van der Waals surface area contributed by atoms with E-state index >= 15 is 0 Å². The molecule has 1 saturated heterocycles. The first-order chi connectivity index (χ1) is 6.65. The van der Waals surface area contributed by atoms with Gasteiger partial charge in [-0.25, -0.2) is 0 Å². The minimum Gasteiger partial charge on any atom is -0.348 e. The number of hydrogen-bond donors (Lipinski definition) is 2. The maximum absolute atomic E-state index is 11.6. The minimum absolute atomic E-state index is 0.0230. The highest BCUT2D eigenvalue weighted by Crippen LogP contribution is 2.26.